The van der Waals surface area contributed by atoms with Crippen molar-refractivity contribution < 1.29 is 8.78 Å². The topological polar surface area (TPSA) is 53.6 Å². The number of hydrogen-bond donors (Lipinski definition) is 2. The van der Waals surface area contributed by atoms with Crippen LogP contribution in [-0.4, -0.2) is 22.5 Å². The van der Waals surface area contributed by atoms with Crippen molar-refractivity contribution in [2.75, 3.05) is 7.05 Å². The second-order valence-corrected chi connectivity index (χ2v) is 3.65. The summed E-state index contributed by atoms with van der Waals surface area (Å²) in [5.74, 6) is -1.64. The van der Waals surface area contributed by atoms with Crippen LogP contribution in [0, 0.1) is 11.6 Å². The number of aromatic nitrogens is 3. The zero-order chi connectivity index (χ0) is 12.3. The molecule has 0 radical (unpaired) electrons. The highest BCUT2D eigenvalue weighted by Gasteiger charge is 2.16. The van der Waals surface area contributed by atoms with E-state index in [1.165, 1.54) is 6.07 Å². The molecular formula is C11H12F2N4. The molecule has 1 aromatic carbocycles. The summed E-state index contributed by atoms with van der Waals surface area (Å²) in [4.78, 5) is 0. The predicted molar refractivity (Wildman–Crippen MR) is 58.2 cm³/mol. The van der Waals surface area contributed by atoms with Gasteiger partial charge in [0.2, 0.25) is 0 Å². The van der Waals surface area contributed by atoms with Gasteiger partial charge < -0.3 is 5.32 Å². The molecule has 1 heterocycles. The lowest BCUT2D eigenvalue weighted by atomic mass is 10.0. The number of rotatable bonds is 4. The Morgan fingerprint density at radius 3 is 2.88 bits per heavy atom. The van der Waals surface area contributed by atoms with Crippen LogP contribution < -0.4 is 5.32 Å². The minimum absolute atomic E-state index is 0.204. The van der Waals surface area contributed by atoms with Crippen molar-refractivity contribution in [2.45, 2.75) is 12.5 Å². The van der Waals surface area contributed by atoms with E-state index in [4.69, 9.17) is 0 Å². The second-order valence-electron chi connectivity index (χ2n) is 3.65. The number of likely N-dealkylation sites (N-methyl/N-ethyl adjacent to an activating group) is 1. The van der Waals surface area contributed by atoms with E-state index in [-0.39, 0.29) is 6.04 Å². The molecule has 0 aliphatic rings. The van der Waals surface area contributed by atoms with E-state index >= 15 is 0 Å². The summed E-state index contributed by atoms with van der Waals surface area (Å²) < 4.78 is 26.5. The van der Waals surface area contributed by atoms with Crippen molar-refractivity contribution in [1.29, 1.82) is 0 Å². The number of benzene rings is 1. The van der Waals surface area contributed by atoms with Gasteiger partial charge in [0, 0.05) is 0 Å². The summed E-state index contributed by atoms with van der Waals surface area (Å²) in [6.07, 6.45) is 1.87. The fraction of sp³-hybridized carbons (Fsp3) is 0.273. The molecule has 0 bridgehead atoms. The average molecular weight is 238 g/mol. The quantitative estimate of drug-likeness (QED) is 0.850. The maximum absolute atomic E-state index is 13.5. The Kier molecular flexibility index (Phi) is 3.43. The molecule has 0 aliphatic carbocycles. The van der Waals surface area contributed by atoms with E-state index in [0.717, 1.165) is 6.07 Å². The van der Waals surface area contributed by atoms with Crippen molar-refractivity contribution in [3.05, 3.63) is 47.3 Å². The maximum atomic E-state index is 13.5. The van der Waals surface area contributed by atoms with Gasteiger partial charge in [-0.1, -0.05) is 12.1 Å². The molecule has 4 nitrogen and oxygen atoms in total. The first kappa shape index (κ1) is 11.7. The molecule has 1 atom stereocenters. The minimum atomic E-state index is -0.836. The van der Waals surface area contributed by atoms with E-state index < -0.39 is 11.6 Å². The summed E-state index contributed by atoms with van der Waals surface area (Å²) >= 11 is 0. The third-order valence-electron chi connectivity index (χ3n) is 2.59. The van der Waals surface area contributed by atoms with Crippen molar-refractivity contribution in [3.63, 3.8) is 0 Å². The molecule has 0 spiro atoms. The number of H-pyrrole nitrogens is 1. The summed E-state index contributed by atoms with van der Waals surface area (Å²) in [5.41, 5.74) is 0.975. The van der Waals surface area contributed by atoms with Crippen molar-refractivity contribution in [1.82, 2.24) is 20.7 Å². The van der Waals surface area contributed by atoms with Gasteiger partial charge in [0.1, 0.15) is 0 Å². The first-order chi connectivity index (χ1) is 8.22. The zero-order valence-corrected chi connectivity index (χ0v) is 9.24. The second kappa shape index (κ2) is 5.01. The Morgan fingerprint density at radius 2 is 2.24 bits per heavy atom. The van der Waals surface area contributed by atoms with Crippen molar-refractivity contribution >= 4 is 0 Å². The summed E-state index contributed by atoms with van der Waals surface area (Å²) in [6.45, 7) is 0. The number of hydrogen-bond acceptors (Lipinski definition) is 3. The van der Waals surface area contributed by atoms with E-state index in [0.29, 0.717) is 17.7 Å². The monoisotopic (exact) mass is 238 g/mol. The zero-order valence-electron chi connectivity index (χ0n) is 9.24. The van der Waals surface area contributed by atoms with Crippen LogP contribution in [0.3, 0.4) is 0 Å². The molecule has 1 aromatic heterocycles. The molecule has 0 fully saturated rings. The molecule has 0 amide bonds. The molecule has 2 rings (SSSR count). The predicted octanol–water partition coefficient (Wildman–Crippen LogP) is 1.59. The average Bonchev–Trinajstić information content (AvgIpc) is 2.85. The van der Waals surface area contributed by atoms with Crippen LogP contribution in [0.2, 0.25) is 0 Å². The molecule has 0 saturated heterocycles. The van der Waals surface area contributed by atoms with Crippen LogP contribution in [0.5, 0.6) is 0 Å². The molecule has 2 N–H and O–H groups in total. The number of nitrogens with one attached hydrogen (secondary N) is 2. The standard InChI is InChI=1S/C11H12F2N4/c1-14-9(10-6-15-17-16-10)5-7-3-2-4-8(12)11(7)13/h2-4,6,9,14H,5H2,1H3,(H,15,16,17). The van der Waals surface area contributed by atoms with Gasteiger partial charge in [-0.2, -0.15) is 15.4 Å². The smallest absolute Gasteiger partial charge is 0.162 e. The van der Waals surface area contributed by atoms with Crippen LogP contribution >= 0.6 is 0 Å². The van der Waals surface area contributed by atoms with E-state index in [1.807, 2.05) is 0 Å². The molecule has 1 unspecified atom stereocenters. The van der Waals surface area contributed by atoms with Crippen LogP contribution in [-0.2, 0) is 6.42 Å². The van der Waals surface area contributed by atoms with Gasteiger partial charge >= 0.3 is 0 Å². The van der Waals surface area contributed by atoms with Gasteiger partial charge in [-0.3, -0.25) is 0 Å². The molecule has 90 valence electrons. The highest BCUT2D eigenvalue weighted by atomic mass is 19.2. The molecule has 0 saturated carbocycles. The van der Waals surface area contributed by atoms with E-state index in [9.17, 15) is 8.78 Å². The Labute approximate surface area is 97.0 Å². The van der Waals surface area contributed by atoms with Crippen molar-refractivity contribution in [2.24, 2.45) is 0 Å². The SMILES string of the molecule is CNC(Cc1cccc(F)c1F)c1cn[nH]n1. The van der Waals surface area contributed by atoms with Crippen LogP contribution in [0.15, 0.2) is 24.4 Å². The Morgan fingerprint density at radius 1 is 1.41 bits per heavy atom. The van der Waals surface area contributed by atoms with E-state index in [2.05, 4.69) is 20.7 Å². The molecular weight excluding hydrogens is 226 g/mol. The summed E-state index contributed by atoms with van der Waals surface area (Å²) in [7, 11) is 1.73. The van der Waals surface area contributed by atoms with Crippen molar-refractivity contribution in [3.8, 4) is 0 Å². The van der Waals surface area contributed by atoms with Crippen LogP contribution in [0.1, 0.15) is 17.3 Å². The highest BCUT2D eigenvalue weighted by Crippen LogP contribution is 2.19. The number of halogens is 2. The van der Waals surface area contributed by atoms with Gasteiger partial charge in [-0.15, -0.1) is 0 Å². The molecule has 0 aliphatic heterocycles. The normalized spacial score (nSPS) is 12.6. The van der Waals surface area contributed by atoms with Crippen LogP contribution in [0.25, 0.3) is 0 Å². The molecule has 6 heteroatoms. The first-order valence-electron chi connectivity index (χ1n) is 5.18. The summed E-state index contributed by atoms with van der Waals surface area (Å²) in [6, 6.07) is 3.94. The first-order valence-corrected chi connectivity index (χ1v) is 5.18. The summed E-state index contributed by atoms with van der Waals surface area (Å²) in [5, 5.41) is 13.1. The number of aromatic amines is 1. The third kappa shape index (κ3) is 2.47. The lowest BCUT2D eigenvalue weighted by Crippen LogP contribution is -2.20. The van der Waals surface area contributed by atoms with Gasteiger partial charge in [0.15, 0.2) is 11.6 Å². The molecule has 17 heavy (non-hydrogen) atoms. The van der Waals surface area contributed by atoms with Gasteiger partial charge in [0.25, 0.3) is 0 Å². The van der Waals surface area contributed by atoms with Gasteiger partial charge in [0.05, 0.1) is 17.9 Å². The highest BCUT2D eigenvalue weighted by molar-refractivity contribution is 5.21. The fourth-order valence-electron chi connectivity index (χ4n) is 1.66. The van der Waals surface area contributed by atoms with E-state index in [1.54, 1.807) is 19.3 Å². The maximum Gasteiger partial charge on any atom is 0.162 e. The molecule has 2 aromatic rings. The fourth-order valence-corrected chi connectivity index (χ4v) is 1.66. The lowest BCUT2D eigenvalue weighted by molar-refractivity contribution is 0.484. The Hall–Kier alpha value is -1.82. The third-order valence-corrected chi connectivity index (χ3v) is 2.59. The Bertz CT molecular complexity index is 484. The van der Waals surface area contributed by atoms with Crippen LogP contribution in [0.4, 0.5) is 8.78 Å². The van der Waals surface area contributed by atoms with Gasteiger partial charge in [-0.05, 0) is 25.1 Å². The lowest BCUT2D eigenvalue weighted by Gasteiger charge is -2.13. The Balaban J connectivity index is 2.22. The minimum Gasteiger partial charge on any atom is -0.311 e. The largest absolute Gasteiger partial charge is 0.311 e. The number of nitrogens with zero attached hydrogens (tertiary/aromatic N) is 2. The van der Waals surface area contributed by atoms with Gasteiger partial charge in [-0.25, -0.2) is 8.78 Å².